The Hall–Kier alpha value is -0.740. The van der Waals surface area contributed by atoms with Crippen molar-refractivity contribution in [3.63, 3.8) is 0 Å². The maximum atomic E-state index is 5.34. The minimum absolute atomic E-state index is 0.180. The molecule has 0 saturated carbocycles. The van der Waals surface area contributed by atoms with E-state index in [1.807, 2.05) is 6.92 Å². The number of H-pyrrole nitrogens is 1. The first-order valence-electron chi connectivity index (χ1n) is 5.84. The van der Waals surface area contributed by atoms with E-state index in [1.165, 1.54) is 24.1 Å². The summed E-state index contributed by atoms with van der Waals surface area (Å²) in [5.74, 6) is 0.958. The van der Waals surface area contributed by atoms with Gasteiger partial charge in [-0.3, -0.25) is 0 Å². The van der Waals surface area contributed by atoms with Crippen molar-refractivity contribution in [2.45, 2.75) is 45.1 Å². The Morgan fingerprint density at radius 2 is 2.19 bits per heavy atom. The third-order valence-corrected chi connectivity index (χ3v) is 3.48. The summed E-state index contributed by atoms with van der Waals surface area (Å²) in [6.07, 6.45) is 5.66. The van der Waals surface area contributed by atoms with Gasteiger partial charge in [-0.25, -0.2) is 4.98 Å². The van der Waals surface area contributed by atoms with Gasteiger partial charge < -0.3 is 9.72 Å². The number of aromatic amines is 1. The highest BCUT2D eigenvalue weighted by atomic mass is 32.1. The normalized spacial score (nSPS) is 16.9. The molecule has 1 unspecified atom stereocenters. The SMILES string of the molecule is COC(C)Cc1nc(=S)c2c([nH]1)CCCC2. The number of fused-ring (bicyclic) bond motifs is 1. The van der Waals surface area contributed by atoms with Crippen molar-refractivity contribution >= 4 is 12.2 Å². The fraction of sp³-hybridized carbons (Fsp3) is 0.667. The van der Waals surface area contributed by atoms with Crippen molar-refractivity contribution in [1.82, 2.24) is 9.97 Å². The number of aryl methyl sites for hydroxylation is 1. The molecule has 4 heteroatoms. The number of nitrogens with one attached hydrogen (secondary N) is 1. The van der Waals surface area contributed by atoms with Crippen molar-refractivity contribution in [3.05, 3.63) is 21.7 Å². The number of hydrogen-bond donors (Lipinski definition) is 1. The van der Waals surface area contributed by atoms with Crippen molar-refractivity contribution in [3.8, 4) is 0 Å². The Labute approximate surface area is 101 Å². The molecule has 0 radical (unpaired) electrons. The van der Waals surface area contributed by atoms with E-state index in [1.54, 1.807) is 7.11 Å². The van der Waals surface area contributed by atoms with Gasteiger partial charge in [-0.15, -0.1) is 0 Å². The molecule has 1 aliphatic rings. The van der Waals surface area contributed by atoms with Crippen LogP contribution in [0.5, 0.6) is 0 Å². The smallest absolute Gasteiger partial charge is 0.133 e. The summed E-state index contributed by atoms with van der Waals surface area (Å²) in [7, 11) is 1.72. The molecule has 88 valence electrons. The second-order valence-corrected chi connectivity index (χ2v) is 4.79. The van der Waals surface area contributed by atoms with Gasteiger partial charge in [-0.1, -0.05) is 12.2 Å². The van der Waals surface area contributed by atoms with Crippen LogP contribution in [-0.4, -0.2) is 23.2 Å². The molecule has 3 nitrogen and oxygen atoms in total. The second-order valence-electron chi connectivity index (χ2n) is 4.40. The quantitative estimate of drug-likeness (QED) is 0.823. The molecule has 1 atom stereocenters. The highest BCUT2D eigenvalue weighted by Crippen LogP contribution is 2.20. The van der Waals surface area contributed by atoms with Crippen LogP contribution in [0, 0.1) is 4.64 Å². The van der Waals surface area contributed by atoms with Crippen LogP contribution < -0.4 is 0 Å². The summed E-state index contributed by atoms with van der Waals surface area (Å²) < 4.78 is 6.03. The first-order chi connectivity index (χ1) is 7.70. The zero-order valence-corrected chi connectivity index (χ0v) is 10.7. The average Bonchev–Trinajstić information content (AvgIpc) is 2.29. The van der Waals surface area contributed by atoms with Crippen LogP contribution in [0.2, 0.25) is 0 Å². The minimum atomic E-state index is 0.180. The predicted octanol–water partition coefficient (Wildman–Crippen LogP) is 2.60. The molecular formula is C12H18N2OS. The minimum Gasteiger partial charge on any atom is -0.381 e. The van der Waals surface area contributed by atoms with Crippen molar-refractivity contribution < 1.29 is 4.74 Å². The van der Waals surface area contributed by atoms with Gasteiger partial charge in [0.2, 0.25) is 0 Å². The predicted molar refractivity (Wildman–Crippen MR) is 66.2 cm³/mol. The lowest BCUT2D eigenvalue weighted by Crippen LogP contribution is -2.15. The largest absolute Gasteiger partial charge is 0.381 e. The fourth-order valence-electron chi connectivity index (χ4n) is 2.12. The molecule has 0 amide bonds. The number of aromatic nitrogens is 2. The summed E-state index contributed by atoms with van der Waals surface area (Å²) in [5, 5.41) is 0. The highest BCUT2D eigenvalue weighted by molar-refractivity contribution is 7.71. The molecule has 0 fully saturated rings. The highest BCUT2D eigenvalue weighted by Gasteiger charge is 2.14. The number of nitrogens with zero attached hydrogens (tertiary/aromatic N) is 1. The third kappa shape index (κ3) is 2.50. The molecule has 1 aromatic heterocycles. The molecule has 0 saturated heterocycles. The van der Waals surface area contributed by atoms with Crippen molar-refractivity contribution in [2.75, 3.05) is 7.11 Å². The number of methoxy groups -OCH3 is 1. The lowest BCUT2D eigenvalue weighted by atomic mass is 9.97. The third-order valence-electron chi connectivity index (χ3n) is 3.14. The molecule has 0 aliphatic heterocycles. The zero-order valence-electron chi connectivity index (χ0n) is 9.88. The first kappa shape index (κ1) is 11.7. The van der Waals surface area contributed by atoms with E-state index in [0.717, 1.165) is 29.7 Å². The average molecular weight is 238 g/mol. The summed E-state index contributed by atoms with van der Waals surface area (Å²) in [6.45, 7) is 2.04. The van der Waals surface area contributed by atoms with E-state index in [9.17, 15) is 0 Å². The van der Waals surface area contributed by atoms with E-state index >= 15 is 0 Å². The lowest BCUT2D eigenvalue weighted by Gasteiger charge is -2.17. The Kier molecular flexibility index (Phi) is 3.71. The summed E-state index contributed by atoms with van der Waals surface area (Å²) >= 11 is 5.34. The standard InChI is InChI=1S/C12H18N2OS/c1-8(15-2)7-11-13-10-6-4-3-5-9(10)12(16)14-11/h8H,3-7H2,1-2H3,(H,13,14,16). The van der Waals surface area contributed by atoms with Crippen LogP contribution in [0.15, 0.2) is 0 Å². The molecular weight excluding hydrogens is 220 g/mol. The van der Waals surface area contributed by atoms with Gasteiger partial charge in [-0.2, -0.15) is 0 Å². The van der Waals surface area contributed by atoms with Crippen LogP contribution in [0.4, 0.5) is 0 Å². The van der Waals surface area contributed by atoms with Crippen molar-refractivity contribution in [1.29, 1.82) is 0 Å². The number of hydrogen-bond acceptors (Lipinski definition) is 3. The monoisotopic (exact) mass is 238 g/mol. The van der Waals surface area contributed by atoms with Gasteiger partial charge in [0.25, 0.3) is 0 Å². The second kappa shape index (κ2) is 5.06. The van der Waals surface area contributed by atoms with Crippen LogP contribution in [-0.2, 0) is 24.0 Å². The maximum Gasteiger partial charge on any atom is 0.133 e. The fourth-order valence-corrected chi connectivity index (χ4v) is 2.46. The van der Waals surface area contributed by atoms with E-state index < -0.39 is 0 Å². The molecule has 16 heavy (non-hydrogen) atoms. The summed E-state index contributed by atoms with van der Waals surface area (Å²) in [6, 6.07) is 0. The maximum absolute atomic E-state index is 5.34. The lowest BCUT2D eigenvalue weighted by molar-refractivity contribution is 0.117. The molecule has 1 heterocycles. The first-order valence-corrected chi connectivity index (χ1v) is 6.25. The Bertz CT molecular complexity index is 428. The van der Waals surface area contributed by atoms with Crippen LogP contribution >= 0.6 is 12.2 Å². The van der Waals surface area contributed by atoms with Gasteiger partial charge >= 0.3 is 0 Å². The number of rotatable bonds is 3. The topological polar surface area (TPSA) is 37.9 Å². The van der Waals surface area contributed by atoms with Gasteiger partial charge in [-0.05, 0) is 32.6 Å². The van der Waals surface area contributed by atoms with E-state index in [0.29, 0.717) is 0 Å². The van der Waals surface area contributed by atoms with Gasteiger partial charge in [0.05, 0.1) is 6.10 Å². The molecule has 0 aromatic carbocycles. The molecule has 2 rings (SSSR count). The Balaban J connectivity index is 2.28. The van der Waals surface area contributed by atoms with Crippen LogP contribution in [0.3, 0.4) is 0 Å². The van der Waals surface area contributed by atoms with Gasteiger partial charge in [0.1, 0.15) is 10.5 Å². The number of ether oxygens (including phenoxy) is 1. The van der Waals surface area contributed by atoms with Crippen LogP contribution in [0.1, 0.15) is 36.8 Å². The zero-order chi connectivity index (χ0) is 11.5. The van der Waals surface area contributed by atoms with Gasteiger partial charge in [0.15, 0.2) is 0 Å². The Morgan fingerprint density at radius 1 is 1.44 bits per heavy atom. The summed E-state index contributed by atoms with van der Waals surface area (Å²) in [4.78, 5) is 7.87. The van der Waals surface area contributed by atoms with E-state index in [-0.39, 0.29) is 6.10 Å². The Morgan fingerprint density at radius 3 is 2.94 bits per heavy atom. The van der Waals surface area contributed by atoms with Crippen molar-refractivity contribution in [2.24, 2.45) is 0 Å². The molecule has 1 N–H and O–H groups in total. The molecule has 0 bridgehead atoms. The van der Waals surface area contributed by atoms with E-state index in [4.69, 9.17) is 17.0 Å². The molecule has 0 spiro atoms. The summed E-state index contributed by atoms with van der Waals surface area (Å²) in [5.41, 5.74) is 2.56. The van der Waals surface area contributed by atoms with E-state index in [2.05, 4.69) is 9.97 Å². The molecule has 1 aromatic rings. The van der Waals surface area contributed by atoms with Crippen LogP contribution in [0.25, 0.3) is 0 Å². The van der Waals surface area contributed by atoms with Gasteiger partial charge in [0, 0.05) is 24.8 Å². The molecule has 1 aliphatic carbocycles.